The molecule has 1 rings (SSSR count). The van der Waals surface area contributed by atoms with Gasteiger partial charge in [-0.2, -0.15) is 5.10 Å². The Bertz CT molecular complexity index is 357. The van der Waals surface area contributed by atoms with E-state index in [2.05, 4.69) is 32.8 Å². The van der Waals surface area contributed by atoms with Crippen LogP contribution in [0.2, 0.25) is 0 Å². The van der Waals surface area contributed by atoms with Gasteiger partial charge >= 0.3 is 0 Å². The summed E-state index contributed by atoms with van der Waals surface area (Å²) in [6, 6.07) is 2.37. The highest BCUT2D eigenvalue weighted by molar-refractivity contribution is 5.80. The fourth-order valence-corrected chi connectivity index (χ4v) is 1.71. The van der Waals surface area contributed by atoms with E-state index >= 15 is 0 Å². The molecule has 0 fully saturated rings. The second-order valence-electron chi connectivity index (χ2n) is 4.98. The van der Waals surface area contributed by atoms with E-state index in [1.165, 1.54) is 0 Å². The number of hydrogen-bond donors (Lipinski definition) is 0. The monoisotopic (exact) mass is 236 g/mol. The average molecular weight is 236 g/mol. The predicted molar refractivity (Wildman–Crippen MR) is 70.0 cm³/mol. The predicted octanol–water partition coefficient (Wildman–Crippen LogP) is 3.40. The Balaban J connectivity index is 2.51. The molecular formula is C14H24N2O. The number of aromatic nitrogens is 2. The van der Waals surface area contributed by atoms with Crippen molar-refractivity contribution in [2.45, 2.75) is 59.4 Å². The summed E-state index contributed by atoms with van der Waals surface area (Å²) in [6.45, 7) is 8.52. The van der Waals surface area contributed by atoms with Crippen molar-refractivity contribution in [3.63, 3.8) is 0 Å². The van der Waals surface area contributed by atoms with Crippen LogP contribution in [0.4, 0.5) is 0 Å². The zero-order valence-corrected chi connectivity index (χ0v) is 11.4. The fourth-order valence-electron chi connectivity index (χ4n) is 1.71. The highest BCUT2D eigenvalue weighted by Gasteiger charge is 2.11. The van der Waals surface area contributed by atoms with Gasteiger partial charge in [0.05, 0.1) is 12.1 Å². The largest absolute Gasteiger partial charge is 0.299 e. The van der Waals surface area contributed by atoms with Crippen LogP contribution in [-0.2, 0) is 11.2 Å². The summed E-state index contributed by atoms with van der Waals surface area (Å²) in [5.41, 5.74) is 0.901. The molecule has 17 heavy (non-hydrogen) atoms. The van der Waals surface area contributed by atoms with Crippen molar-refractivity contribution in [3.8, 4) is 0 Å². The summed E-state index contributed by atoms with van der Waals surface area (Å²) in [6.07, 6.45) is 5.25. The summed E-state index contributed by atoms with van der Waals surface area (Å²) in [5, 5.41) is 4.45. The zero-order chi connectivity index (χ0) is 12.8. The Hall–Kier alpha value is -1.12. The first-order valence-electron chi connectivity index (χ1n) is 6.62. The smallest absolute Gasteiger partial charge is 0.139 e. The van der Waals surface area contributed by atoms with Crippen molar-refractivity contribution < 1.29 is 4.79 Å². The van der Waals surface area contributed by atoms with Gasteiger partial charge < -0.3 is 0 Å². The van der Waals surface area contributed by atoms with E-state index < -0.39 is 0 Å². The first-order valence-corrected chi connectivity index (χ1v) is 6.62. The van der Waals surface area contributed by atoms with Crippen LogP contribution in [0.3, 0.4) is 0 Å². The molecule has 0 aliphatic heterocycles. The van der Waals surface area contributed by atoms with Crippen molar-refractivity contribution in [3.05, 3.63) is 18.0 Å². The molecular weight excluding hydrogens is 212 g/mol. The summed E-state index contributed by atoms with van der Waals surface area (Å²) in [4.78, 5) is 11.8. The Labute approximate surface area is 104 Å². The van der Waals surface area contributed by atoms with Gasteiger partial charge in [-0.25, -0.2) is 0 Å². The van der Waals surface area contributed by atoms with Crippen molar-refractivity contribution in [2.24, 2.45) is 5.92 Å². The van der Waals surface area contributed by atoms with Crippen LogP contribution >= 0.6 is 0 Å². The molecule has 3 heteroatoms. The molecule has 1 heterocycles. The highest BCUT2D eigenvalue weighted by Crippen LogP contribution is 2.12. The number of Topliss-reactive ketones (excluding diaryl/α,β-unsaturated/α-hetero) is 1. The maximum Gasteiger partial charge on any atom is 0.139 e. The SMILES string of the molecule is CCC(C)CC(=O)Cc1ccn(C(C)CC)n1. The van der Waals surface area contributed by atoms with Gasteiger partial charge in [0.15, 0.2) is 0 Å². The van der Waals surface area contributed by atoms with E-state index in [1.54, 1.807) is 0 Å². The minimum absolute atomic E-state index is 0.300. The minimum atomic E-state index is 0.300. The molecule has 0 aromatic carbocycles. The lowest BCUT2D eigenvalue weighted by atomic mass is 10.00. The summed E-state index contributed by atoms with van der Waals surface area (Å²) >= 11 is 0. The third-order valence-electron chi connectivity index (χ3n) is 3.36. The first kappa shape index (κ1) is 13.9. The van der Waals surface area contributed by atoms with Crippen LogP contribution in [-0.4, -0.2) is 15.6 Å². The van der Waals surface area contributed by atoms with Crippen LogP contribution in [0.15, 0.2) is 12.3 Å². The molecule has 0 radical (unpaired) electrons. The van der Waals surface area contributed by atoms with Crippen LogP contribution in [0.1, 0.15) is 58.7 Å². The van der Waals surface area contributed by atoms with Gasteiger partial charge in [-0.15, -0.1) is 0 Å². The summed E-state index contributed by atoms with van der Waals surface area (Å²) < 4.78 is 1.95. The first-order chi connectivity index (χ1) is 8.06. The molecule has 0 bridgehead atoms. The Morgan fingerprint density at radius 1 is 1.35 bits per heavy atom. The molecule has 0 amide bonds. The van der Waals surface area contributed by atoms with Gasteiger partial charge in [-0.05, 0) is 25.3 Å². The number of ketones is 1. The number of carbonyl (C=O) groups excluding carboxylic acids is 1. The van der Waals surface area contributed by atoms with Gasteiger partial charge in [0.25, 0.3) is 0 Å². The quantitative estimate of drug-likeness (QED) is 0.727. The number of carbonyl (C=O) groups is 1. The van der Waals surface area contributed by atoms with Gasteiger partial charge in [0, 0.05) is 18.7 Å². The van der Waals surface area contributed by atoms with Gasteiger partial charge in [-0.3, -0.25) is 9.48 Å². The Morgan fingerprint density at radius 2 is 2.06 bits per heavy atom. The van der Waals surface area contributed by atoms with Crippen molar-refractivity contribution in [1.29, 1.82) is 0 Å². The van der Waals surface area contributed by atoms with Gasteiger partial charge in [0.1, 0.15) is 5.78 Å². The van der Waals surface area contributed by atoms with Crippen LogP contribution in [0, 0.1) is 5.92 Å². The molecule has 0 N–H and O–H groups in total. The third-order valence-corrected chi connectivity index (χ3v) is 3.36. The van der Waals surface area contributed by atoms with Crippen LogP contribution < -0.4 is 0 Å². The lowest BCUT2D eigenvalue weighted by Crippen LogP contribution is -2.10. The minimum Gasteiger partial charge on any atom is -0.299 e. The molecule has 0 saturated carbocycles. The molecule has 96 valence electrons. The molecule has 0 aliphatic carbocycles. The summed E-state index contributed by atoms with van der Waals surface area (Å²) in [5.74, 6) is 0.785. The van der Waals surface area contributed by atoms with Gasteiger partial charge in [-0.1, -0.05) is 27.2 Å². The van der Waals surface area contributed by atoms with Crippen molar-refractivity contribution >= 4 is 5.78 Å². The van der Waals surface area contributed by atoms with Gasteiger partial charge in [0.2, 0.25) is 0 Å². The topological polar surface area (TPSA) is 34.9 Å². The molecule has 0 spiro atoms. The number of nitrogens with zero attached hydrogens (tertiary/aromatic N) is 2. The van der Waals surface area contributed by atoms with E-state index in [1.807, 2.05) is 16.9 Å². The van der Waals surface area contributed by atoms with E-state index in [-0.39, 0.29) is 0 Å². The standard InChI is InChI=1S/C14H24N2O/c1-5-11(3)9-14(17)10-13-7-8-16(15-13)12(4)6-2/h7-8,11-12H,5-6,9-10H2,1-4H3. The molecule has 2 atom stereocenters. The molecule has 1 aromatic rings. The Kier molecular flexibility index (Phi) is 5.39. The average Bonchev–Trinajstić information content (AvgIpc) is 2.76. The van der Waals surface area contributed by atoms with Crippen LogP contribution in [0.25, 0.3) is 0 Å². The zero-order valence-electron chi connectivity index (χ0n) is 11.4. The van der Waals surface area contributed by atoms with E-state index in [9.17, 15) is 4.79 Å². The maximum atomic E-state index is 11.8. The second-order valence-corrected chi connectivity index (χ2v) is 4.98. The third kappa shape index (κ3) is 4.33. The lowest BCUT2D eigenvalue weighted by Gasteiger charge is -2.08. The van der Waals surface area contributed by atoms with Crippen molar-refractivity contribution in [1.82, 2.24) is 9.78 Å². The van der Waals surface area contributed by atoms with Crippen LogP contribution in [0.5, 0.6) is 0 Å². The number of hydrogen-bond acceptors (Lipinski definition) is 2. The maximum absolute atomic E-state index is 11.8. The van der Waals surface area contributed by atoms with E-state index in [0.717, 1.165) is 18.5 Å². The normalized spacial score (nSPS) is 14.6. The molecule has 0 aliphatic rings. The lowest BCUT2D eigenvalue weighted by molar-refractivity contribution is -0.119. The molecule has 2 unspecified atom stereocenters. The second kappa shape index (κ2) is 6.58. The summed E-state index contributed by atoms with van der Waals surface area (Å²) in [7, 11) is 0. The Morgan fingerprint density at radius 3 is 2.65 bits per heavy atom. The fraction of sp³-hybridized carbons (Fsp3) is 0.714. The van der Waals surface area contributed by atoms with Crippen molar-refractivity contribution in [2.75, 3.05) is 0 Å². The molecule has 3 nitrogen and oxygen atoms in total. The number of rotatable bonds is 7. The highest BCUT2D eigenvalue weighted by atomic mass is 16.1. The molecule has 1 aromatic heterocycles. The van der Waals surface area contributed by atoms with E-state index in [0.29, 0.717) is 30.6 Å². The molecule has 0 saturated heterocycles. The van der Waals surface area contributed by atoms with E-state index in [4.69, 9.17) is 0 Å².